The normalized spacial score (nSPS) is 16.2. The van der Waals surface area contributed by atoms with Gasteiger partial charge in [0, 0.05) is 51.7 Å². The van der Waals surface area contributed by atoms with Crippen molar-refractivity contribution in [2.24, 2.45) is 0 Å². The Labute approximate surface area is 273 Å². The van der Waals surface area contributed by atoms with Gasteiger partial charge in [-0.15, -0.1) is 0 Å². The number of alkyl carbamates (subject to hydrolysis) is 1. The van der Waals surface area contributed by atoms with Crippen LogP contribution in [0.1, 0.15) is 89.1 Å². The van der Waals surface area contributed by atoms with Gasteiger partial charge in [0.25, 0.3) is 0 Å². The zero-order chi connectivity index (χ0) is 32.8. The average molecular weight is 627 g/mol. The Morgan fingerprint density at radius 1 is 1.04 bits per heavy atom. The van der Waals surface area contributed by atoms with Crippen LogP contribution in [-0.4, -0.2) is 64.9 Å². The molecule has 1 unspecified atom stereocenters. The number of likely N-dealkylation sites (tertiary alicyclic amines) is 1. The number of hydrogen-bond donors (Lipinski definition) is 1. The third-order valence-electron chi connectivity index (χ3n) is 8.78. The van der Waals surface area contributed by atoms with E-state index in [1.165, 1.54) is 5.56 Å². The summed E-state index contributed by atoms with van der Waals surface area (Å²) in [6.45, 7) is 12.8. The van der Waals surface area contributed by atoms with Crippen LogP contribution < -0.4 is 5.32 Å². The molecule has 0 aliphatic carbocycles. The molecule has 46 heavy (non-hydrogen) atoms. The number of imidazole rings is 1. The fourth-order valence-corrected chi connectivity index (χ4v) is 6.48. The van der Waals surface area contributed by atoms with Gasteiger partial charge in [-0.3, -0.25) is 4.79 Å². The number of methoxy groups -OCH3 is 1. The molecule has 1 aliphatic heterocycles. The maximum absolute atomic E-state index is 13.9. The first-order valence-corrected chi connectivity index (χ1v) is 16.7. The molecule has 0 spiro atoms. The molecule has 0 bridgehead atoms. The highest BCUT2D eigenvalue weighted by Crippen LogP contribution is 2.31. The van der Waals surface area contributed by atoms with E-state index >= 15 is 0 Å². The molecule has 0 saturated carbocycles. The molecular formula is C38H50N4O4. The molecule has 0 radical (unpaired) electrons. The van der Waals surface area contributed by atoms with Gasteiger partial charge < -0.3 is 24.3 Å². The van der Waals surface area contributed by atoms with Crippen molar-refractivity contribution in [3.63, 3.8) is 0 Å². The predicted octanol–water partition coefficient (Wildman–Crippen LogP) is 7.58. The number of carbonyl (C=O) groups is 2. The summed E-state index contributed by atoms with van der Waals surface area (Å²) in [6, 6.07) is 20.7. The Morgan fingerprint density at radius 2 is 1.83 bits per heavy atom. The summed E-state index contributed by atoms with van der Waals surface area (Å²) in [4.78, 5) is 33.9. The van der Waals surface area contributed by atoms with Crippen molar-refractivity contribution in [2.45, 2.75) is 96.7 Å². The van der Waals surface area contributed by atoms with Crippen molar-refractivity contribution >= 4 is 33.8 Å². The van der Waals surface area contributed by atoms with E-state index in [1.54, 1.807) is 7.11 Å². The molecule has 1 N–H and O–H groups in total. The molecular weight excluding hydrogens is 576 g/mol. The van der Waals surface area contributed by atoms with Gasteiger partial charge in [-0.25, -0.2) is 9.78 Å². The van der Waals surface area contributed by atoms with E-state index in [1.807, 2.05) is 37.8 Å². The summed E-state index contributed by atoms with van der Waals surface area (Å²) < 4.78 is 13.3. The van der Waals surface area contributed by atoms with Crippen molar-refractivity contribution in [1.29, 1.82) is 0 Å². The highest BCUT2D eigenvalue weighted by Gasteiger charge is 2.31. The topological polar surface area (TPSA) is 85.7 Å². The second-order valence-corrected chi connectivity index (χ2v) is 14.0. The van der Waals surface area contributed by atoms with E-state index in [9.17, 15) is 9.59 Å². The van der Waals surface area contributed by atoms with E-state index < -0.39 is 17.7 Å². The number of aryl methyl sites for hydroxylation is 1. The molecule has 1 fully saturated rings. The molecule has 1 aliphatic rings. The van der Waals surface area contributed by atoms with Gasteiger partial charge >= 0.3 is 6.09 Å². The van der Waals surface area contributed by atoms with Gasteiger partial charge in [0.15, 0.2) is 0 Å². The number of ether oxygens (including phenoxy) is 2. The third-order valence-corrected chi connectivity index (χ3v) is 8.78. The van der Waals surface area contributed by atoms with Crippen LogP contribution in [0.25, 0.3) is 21.8 Å². The molecule has 2 heterocycles. The Morgan fingerprint density at radius 3 is 2.57 bits per heavy atom. The molecule has 1 saturated heterocycles. The second kappa shape index (κ2) is 14.7. The van der Waals surface area contributed by atoms with E-state index in [-0.39, 0.29) is 18.2 Å². The Bertz CT molecular complexity index is 1650. The number of rotatable bonds is 11. The monoisotopic (exact) mass is 626 g/mol. The summed E-state index contributed by atoms with van der Waals surface area (Å²) in [7, 11) is 1.74. The number of nitrogens with one attached hydrogen (secondary N) is 1. The van der Waals surface area contributed by atoms with E-state index in [2.05, 4.69) is 72.3 Å². The lowest BCUT2D eigenvalue weighted by Gasteiger charge is -2.34. The molecule has 4 aromatic rings. The minimum atomic E-state index is -0.633. The largest absolute Gasteiger partial charge is 0.444 e. The van der Waals surface area contributed by atoms with Crippen molar-refractivity contribution in [2.75, 3.05) is 26.8 Å². The van der Waals surface area contributed by atoms with Crippen molar-refractivity contribution < 1.29 is 19.1 Å². The zero-order valence-corrected chi connectivity index (χ0v) is 28.3. The first kappa shape index (κ1) is 33.5. The van der Waals surface area contributed by atoms with Gasteiger partial charge in [0.2, 0.25) is 5.91 Å². The van der Waals surface area contributed by atoms with E-state index in [0.717, 1.165) is 59.0 Å². The number of benzene rings is 3. The van der Waals surface area contributed by atoms with Crippen LogP contribution in [0.2, 0.25) is 0 Å². The summed E-state index contributed by atoms with van der Waals surface area (Å²) in [5.41, 5.74) is 3.87. The summed E-state index contributed by atoms with van der Waals surface area (Å²) in [5.74, 6) is 1.64. The van der Waals surface area contributed by atoms with Crippen LogP contribution in [0.4, 0.5) is 4.79 Å². The number of piperidine rings is 1. The predicted molar refractivity (Wildman–Crippen MR) is 184 cm³/mol. The summed E-state index contributed by atoms with van der Waals surface area (Å²) >= 11 is 0. The minimum Gasteiger partial charge on any atom is -0.444 e. The molecule has 2 amide bonds. The number of carbonyl (C=O) groups excluding carboxylic acids is 2. The van der Waals surface area contributed by atoms with Crippen LogP contribution >= 0.6 is 0 Å². The lowest BCUT2D eigenvalue weighted by Crippen LogP contribution is -2.46. The second-order valence-electron chi connectivity index (χ2n) is 14.0. The fraction of sp³-hybridized carbons (Fsp3) is 0.500. The van der Waals surface area contributed by atoms with E-state index in [0.29, 0.717) is 32.0 Å². The lowest BCUT2D eigenvalue weighted by atomic mass is 9.95. The van der Waals surface area contributed by atoms with Crippen molar-refractivity contribution in [3.8, 4) is 0 Å². The summed E-state index contributed by atoms with van der Waals surface area (Å²) in [5, 5.41) is 5.31. The first-order valence-electron chi connectivity index (χ1n) is 16.7. The molecule has 1 aromatic heterocycles. The van der Waals surface area contributed by atoms with Gasteiger partial charge in [0.05, 0.1) is 11.0 Å². The maximum Gasteiger partial charge on any atom is 0.407 e. The first-order chi connectivity index (χ1) is 22.0. The summed E-state index contributed by atoms with van der Waals surface area (Å²) in [6.07, 6.45) is 2.99. The molecule has 2 atom stereocenters. The standard InChI is InChI=1S/C38H50N4O4/c1-26(2)29-16-17-33-34(23-29)42(19-10-20-45-6)36(40-33)31-13-9-18-41(25-31)35(43)24-32(39-37(44)46-38(3,4)5)22-27-14-15-28-11-7-8-12-30(28)21-27/h7-8,11-12,14-17,21,23,26,31-32H,9-10,13,18-20,22,24-25H2,1-6H3,(H,39,44)/t31?,32-/m1/s1. The van der Waals surface area contributed by atoms with Crippen LogP contribution in [0.3, 0.4) is 0 Å². The molecule has 5 rings (SSSR count). The fourth-order valence-electron chi connectivity index (χ4n) is 6.48. The molecule has 246 valence electrons. The number of nitrogens with zero attached hydrogens (tertiary/aromatic N) is 3. The minimum absolute atomic E-state index is 0.0377. The Kier molecular flexibility index (Phi) is 10.7. The lowest BCUT2D eigenvalue weighted by molar-refractivity contribution is -0.132. The van der Waals surface area contributed by atoms with Gasteiger partial charge in [-0.05, 0) is 86.4 Å². The molecule has 3 aromatic carbocycles. The highest BCUT2D eigenvalue weighted by atomic mass is 16.6. The van der Waals surface area contributed by atoms with Crippen LogP contribution in [0.15, 0.2) is 60.7 Å². The molecule has 8 nitrogen and oxygen atoms in total. The zero-order valence-electron chi connectivity index (χ0n) is 28.3. The van der Waals surface area contributed by atoms with Crippen molar-refractivity contribution in [3.05, 3.63) is 77.6 Å². The van der Waals surface area contributed by atoms with Crippen LogP contribution in [-0.2, 0) is 27.2 Å². The highest BCUT2D eigenvalue weighted by molar-refractivity contribution is 5.83. The number of aromatic nitrogens is 2. The third kappa shape index (κ3) is 8.46. The Balaban J connectivity index is 1.35. The van der Waals surface area contributed by atoms with Crippen LogP contribution in [0, 0.1) is 0 Å². The molecule has 8 heteroatoms. The van der Waals surface area contributed by atoms with Gasteiger partial charge in [-0.1, -0.05) is 62.4 Å². The number of fused-ring (bicyclic) bond motifs is 2. The Hall–Kier alpha value is -3.91. The van der Waals surface area contributed by atoms with Crippen LogP contribution in [0.5, 0.6) is 0 Å². The SMILES string of the molecule is COCCCn1c(C2CCCN(C(=O)C[C@@H](Cc3ccc4ccccc4c3)NC(=O)OC(C)(C)C)C2)nc2ccc(C(C)C)cc21. The maximum atomic E-state index is 13.9. The number of amides is 2. The van der Waals surface area contributed by atoms with Gasteiger partial charge in [-0.2, -0.15) is 0 Å². The number of hydrogen-bond acceptors (Lipinski definition) is 5. The van der Waals surface area contributed by atoms with Crippen molar-refractivity contribution in [1.82, 2.24) is 19.8 Å². The average Bonchev–Trinajstić information content (AvgIpc) is 3.38. The quantitative estimate of drug-likeness (QED) is 0.174. The smallest absolute Gasteiger partial charge is 0.407 e. The van der Waals surface area contributed by atoms with E-state index in [4.69, 9.17) is 14.5 Å². The van der Waals surface area contributed by atoms with Gasteiger partial charge in [0.1, 0.15) is 11.4 Å².